The van der Waals surface area contributed by atoms with Crippen LogP contribution in [0.5, 0.6) is 11.5 Å². The van der Waals surface area contributed by atoms with Crippen molar-refractivity contribution in [1.82, 2.24) is 10.6 Å². The zero-order valence-corrected chi connectivity index (χ0v) is 15.7. The van der Waals surface area contributed by atoms with Crippen LogP contribution in [-0.2, 0) is 17.9 Å². The van der Waals surface area contributed by atoms with Crippen molar-refractivity contribution in [2.45, 2.75) is 19.6 Å². The van der Waals surface area contributed by atoms with E-state index in [1.165, 1.54) is 0 Å². The summed E-state index contributed by atoms with van der Waals surface area (Å²) in [6.07, 6.45) is 0.904. The van der Waals surface area contributed by atoms with E-state index in [9.17, 15) is 4.79 Å². The Morgan fingerprint density at radius 3 is 2.65 bits per heavy atom. The first-order valence-electron chi connectivity index (χ1n) is 8.58. The quantitative estimate of drug-likeness (QED) is 0.780. The first-order chi connectivity index (χ1) is 12.3. The summed E-state index contributed by atoms with van der Waals surface area (Å²) >= 11 is 0. The van der Waals surface area contributed by atoms with Gasteiger partial charge >= 0.3 is 0 Å². The smallest absolute Gasteiger partial charge is 0.224 e. The molecule has 3 rings (SSSR count). The Kier molecular flexibility index (Phi) is 7.75. The molecule has 2 N–H and O–H groups in total. The number of methoxy groups -OCH3 is 1. The highest BCUT2D eigenvalue weighted by Gasteiger charge is 2.21. The van der Waals surface area contributed by atoms with Gasteiger partial charge in [0.05, 0.1) is 13.0 Å². The zero-order chi connectivity index (χ0) is 17.5. The van der Waals surface area contributed by atoms with Crippen LogP contribution in [0.3, 0.4) is 0 Å². The number of carbonyl (C=O) groups is 1. The SMILES string of the molecule is COc1cc(CNC(=O)[C@H]2CCNC2)ccc1OCc1ccccc1.Cl. The second-order valence-electron chi connectivity index (χ2n) is 6.17. The number of carbonyl (C=O) groups excluding carboxylic acids is 1. The molecule has 1 amide bonds. The molecule has 0 aromatic heterocycles. The van der Waals surface area contributed by atoms with Crippen LogP contribution in [-0.4, -0.2) is 26.1 Å². The molecule has 26 heavy (non-hydrogen) atoms. The lowest BCUT2D eigenvalue weighted by molar-refractivity contribution is -0.124. The summed E-state index contributed by atoms with van der Waals surface area (Å²) < 4.78 is 11.3. The fraction of sp³-hybridized carbons (Fsp3) is 0.350. The monoisotopic (exact) mass is 376 g/mol. The largest absolute Gasteiger partial charge is 0.493 e. The van der Waals surface area contributed by atoms with Crippen molar-refractivity contribution in [3.8, 4) is 11.5 Å². The summed E-state index contributed by atoms with van der Waals surface area (Å²) in [7, 11) is 1.62. The van der Waals surface area contributed by atoms with E-state index in [1.54, 1.807) is 7.11 Å². The van der Waals surface area contributed by atoms with Crippen molar-refractivity contribution in [1.29, 1.82) is 0 Å². The normalized spacial score (nSPS) is 15.8. The molecule has 0 radical (unpaired) electrons. The van der Waals surface area contributed by atoms with Gasteiger partial charge in [0.15, 0.2) is 11.5 Å². The van der Waals surface area contributed by atoms with Crippen molar-refractivity contribution < 1.29 is 14.3 Å². The van der Waals surface area contributed by atoms with Gasteiger partial charge in [-0.25, -0.2) is 0 Å². The number of halogens is 1. The van der Waals surface area contributed by atoms with Gasteiger partial charge in [-0.1, -0.05) is 36.4 Å². The van der Waals surface area contributed by atoms with Gasteiger partial charge in [-0.15, -0.1) is 12.4 Å². The first-order valence-corrected chi connectivity index (χ1v) is 8.58. The van der Waals surface area contributed by atoms with Crippen molar-refractivity contribution in [3.05, 3.63) is 59.7 Å². The van der Waals surface area contributed by atoms with Crippen molar-refractivity contribution in [2.75, 3.05) is 20.2 Å². The van der Waals surface area contributed by atoms with E-state index in [1.807, 2.05) is 48.5 Å². The molecule has 1 fully saturated rings. The molecule has 1 aliphatic heterocycles. The molecular weight excluding hydrogens is 352 g/mol. The Bertz CT molecular complexity index is 703. The Balaban J connectivity index is 0.00000243. The lowest BCUT2D eigenvalue weighted by atomic mass is 10.1. The van der Waals surface area contributed by atoms with Crippen LogP contribution in [0.1, 0.15) is 17.5 Å². The van der Waals surface area contributed by atoms with Crippen LogP contribution >= 0.6 is 12.4 Å². The lowest BCUT2D eigenvalue weighted by Crippen LogP contribution is -2.31. The van der Waals surface area contributed by atoms with Gasteiger partial charge in [0.2, 0.25) is 5.91 Å². The third kappa shape index (κ3) is 5.38. The van der Waals surface area contributed by atoms with Gasteiger partial charge in [0.25, 0.3) is 0 Å². The van der Waals surface area contributed by atoms with E-state index >= 15 is 0 Å². The summed E-state index contributed by atoms with van der Waals surface area (Å²) in [6.45, 7) is 2.66. The summed E-state index contributed by atoms with van der Waals surface area (Å²) in [5.41, 5.74) is 2.09. The third-order valence-corrected chi connectivity index (χ3v) is 4.36. The van der Waals surface area contributed by atoms with Crippen LogP contribution in [0.25, 0.3) is 0 Å². The Hall–Kier alpha value is -2.24. The van der Waals surface area contributed by atoms with Gasteiger partial charge in [-0.05, 0) is 36.2 Å². The van der Waals surface area contributed by atoms with E-state index < -0.39 is 0 Å². The average molecular weight is 377 g/mol. The standard InChI is InChI=1S/C20H24N2O3.ClH/c1-24-19-11-16(12-22-20(23)17-9-10-21-13-17)7-8-18(19)25-14-15-5-3-2-4-6-15;/h2-8,11,17,21H,9-10,12-14H2,1H3,(H,22,23);1H/t17-;/m0./s1. The maximum atomic E-state index is 12.1. The molecule has 1 saturated heterocycles. The van der Waals surface area contributed by atoms with Crippen LogP contribution in [0, 0.1) is 5.92 Å². The maximum Gasteiger partial charge on any atom is 0.224 e. The van der Waals surface area contributed by atoms with Crippen molar-refractivity contribution in [2.24, 2.45) is 5.92 Å². The molecule has 0 bridgehead atoms. The van der Waals surface area contributed by atoms with Crippen molar-refractivity contribution in [3.63, 3.8) is 0 Å². The predicted octanol–water partition coefficient (Wildman–Crippen LogP) is 2.92. The second-order valence-corrected chi connectivity index (χ2v) is 6.17. The number of ether oxygens (including phenoxy) is 2. The molecule has 0 aliphatic carbocycles. The summed E-state index contributed by atoms with van der Waals surface area (Å²) in [4.78, 5) is 12.1. The van der Waals surface area contributed by atoms with E-state index in [4.69, 9.17) is 9.47 Å². The molecule has 140 valence electrons. The van der Waals surface area contributed by atoms with Gasteiger partial charge in [-0.2, -0.15) is 0 Å². The number of rotatable bonds is 7. The summed E-state index contributed by atoms with van der Waals surface area (Å²) in [5, 5.41) is 6.20. The highest BCUT2D eigenvalue weighted by Crippen LogP contribution is 2.29. The molecule has 1 heterocycles. The van der Waals surface area contributed by atoms with Gasteiger partial charge in [0, 0.05) is 13.1 Å². The molecule has 1 aliphatic rings. The number of nitrogens with one attached hydrogen (secondary N) is 2. The fourth-order valence-electron chi connectivity index (χ4n) is 2.89. The van der Waals surface area contributed by atoms with Crippen LogP contribution in [0.15, 0.2) is 48.5 Å². The molecule has 2 aromatic carbocycles. The topological polar surface area (TPSA) is 59.6 Å². The van der Waals surface area contributed by atoms with E-state index in [-0.39, 0.29) is 24.2 Å². The number of amides is 1. The minimum atomic E-state index is 0. The van der Waals surface area contributed by atoms with E-state index in [2.05, 4.69) is 10.6 Å². The molecule has 0 unspecified atom stereocenters. The number of hydrogen-bond acceptors (Lipinski definition) is 4. The molecule has 0 saturated carbocycles. The van der Waals surface area contributed by atoms with Crippen LogP contribution < -0.4 is 20.1 Å². The first kappa shape index (κ1) is 20.1. The molecule has 1 atom stereocenters. The minimum absolute atomic E-state index is 0. The van der Waals surface area contributed by atoms with Gasteiger partial charge < -0.3 is 20.1 Å². The summed E-state index contributed by atoms with van der Waals surface area (Å²) in [5.74, 6) is 1.55. The van der Waals surface area contributed by atoms with Crippen LogP contribution in [0.2, 0.25) is 0 Å². The Morgan fingerprint density at radius 2 is 1.96 bits per heavy atom. The average Bonchev–Trinajstić information content (AvgIpc) is 3.20. The molecule has 6 heteroatoms. The zero-order valence-electron chi connectivity index (χ0n) is 14.9. The lowest BCUT2D eigenvalue weighted by Gasteiger charge is -2.14. The van der Waals surface area contributed by atoms with Crippen LogP contribution in [0.4, 0.5) is 0 Å². The third-order valence-electron chi connectivity index (χ3n) is 4.36. The maximum absolute atomic E-state index is 12.1. The molecule has 2 aromatic rings. The second kappa shape index (κ2) is 10.0. The molecular formula is C20H25ClN2O3. The molecule has 5 nitrogen and oxygen atoms in total. The highest BCUT2D eigenvalue weighted by atomic mass is 35.5. The number of benzene rings is 2. The highest BCUT2D eigenvalue weighted by molar-refractivity contribution is 5.85. The fourth-order valence-corrected chi connectivity index (χ4v) is 2.89. The minimum Gasteiger partial charge on any atom is -0.493 e. The van der Waals surface area contributed by atoms with Gasteiger partial charge in [-0.3, -0.25) is 4.79 Å². The Labute approximate surface area is 160 Å². The van der Waals surface area contributed by atoms with E-state index in [0.29, 0.717) is 24.7 Å². The van der Waals surface area contributed by atoms with Gasteiger partial charge in [0.1, 0.15) is 6.61 Å². The predicted molar refractivity (Wildman–Crippen MR) is 104 cm³/mol. The number of hydrogen-bond donors (Lipinski definition) is 2. The summed E-state index contributed by atoms with van der Waals surface area (Å²) in [6, 6.07) is 15.8. The van der Waals surface area contributed by atoms with Crippen molar-refractivity contribution >= 4 is 18.3 Å². The van der Waals surface area contributed by atoms with E-state index in [0.717, 1.165) is 30.6 Å². The molecule has 0 spiro atoms. The Morgan fingerprint density at radius 1 is 1.15 bits per heavy atom.